The largest absolute Gasteiger partial charge is 0.265 e. The first-order valence-electron chi connectivity index (χ1n) is 7.29. The molecule has 3 rings (SSSR count). The van der Waals surface area contributed by atoms with Crippen molar-refractivity contribution in [1.29, 1.82) is 0 Å². The van der Waals surface area contributed by atoms with E-state index in [1.165, 1.54) is 14.3 Å². The van der Waals surface area contributed by atoms with Crippen LogP contribution >= 0.6 is 8.19 Å². The van der Waals surface area contributed by atoms with Crippen LogP contribution in [0, 0.1) is 6.58 Å². The van der Waals surface area contributed by atoms with Crippen LogP contribution in [0.15, 0.2) is 115 Å². The van der Waals surface area contributed by atoms with Gasteiger partial charge in [0.2, 0.25) is 0 Å². The molecule has 0 aliphatic heterocycles. The van der Waals surface area contributed by atoms with E-state index in [4.69, 9.17) is 6.58 Å². The Labute approximate surface area is 156 Å². The van der Waals surface area contributed by atoms with Crippen molar-refractivity contribution in [3.05, 3.63) is 122 Å². The molecule has 0 aliphatic carbocycles. The normalized spacial score (nSPS) is 8.12. The van der Waals surface area contributed by atoms with Gasteiger partial charge < -0.3 is 0 Å². The average molecular weight is 369 g/mol. The van der Waals surface area contributed by atoms with Crippen molar-refractivity contribution in [2.24, 2.45) is 0 Å². The van der Waals surface area contributed by atoms with Gasteiger partial charge >= 0.3 is 46.5 Å². The Balaban J connectivity index is 0.000000294. The summed E-state index contributed by atoms with van der Waals surface area (Å²) < 4.78 is 1.86. The minimum Gasteiger partial charge on any atom is -0.265 e. The zero-order valence-corrected chi connectivity index (χ0v) is 15.8. The first-order chi connectivity index (χ1) is 11.9. The Hall–Kier alpha value is -2.05. The molecule has 1 aromatic carbocycles. The summed E-state index contributed by atoms with van der Waals surface area (Å²) in [6.45, 7) is 4.98. The molecule has 0 unspecified atom stereocenters. The second-order valence-electron chi connectivity index (χ2n) is 3.93. The molecule has 2 aromatic heterocycles. The molecule has 0 atom stereocenters. The molecule has 24 heavy (non-hydrogen) atoms. The molecule has 0 fully saturated rings. The summed E-state index contributed by atoms with van der Waals surface area (Å²) in [6.07, 6.45) is 8.60. The maximum atomic E-state index is 4.98. The monoisotopic (exact) mass is 369 g/mol. The van der Waals surface area contributed by atoms with Crippen molar-refractivity contribution in [3.63, 3.8) is 0 Å². The number of allylic oxidation sites excluding steroid dienone is 3. The standard InChI is InChI=1S/C6H6.C5H5N.C5H5P.C5H5.V/c3*1-2-4-6-5-3-1;1-3-5-4-2;/h1-6H;2*1-5H;1-5H;/q;;;-1;. The minimum atomic E-state index is 1.31. The summed E-state index contributed by atoms with van der Waals surface area (Å²) in [5.74, 6) is 4.19. The molecule has 121 valence electrons. The van der Waals surface area contributed by atoms with Crippen LogP contribution < -0.4 is 0 Å². The van der Waals surface area contributed by atoms with E-state index in [-0.39, 0.29) is 0 Å². The molecule has 0 saturated carbocycles. The topological polar surface area (TPSA) is 12.9 Å². The Kier molecular flexibility index (Phi) is 19.2. The summed E-state index contributed by atoms with van der Waals surface area (Å²) in [5, 5.41) is 0. The van der Waals surface area contributed by atoms with E-state index in [0.29, 0.717) is 0 Å². The van der Waals surface area contributed by atoms with Gasteiger partial charge in [0.25, 0.3) is 0 Å². The van der Waals surface area contributed by atoms with Crippen LogP contribution in [-0.2, 0) is 17.0 Å². The molecular formula is C21H21NPV-. The maximum Gasteiger partial charge on any atom is 0.0267 e. The van der Waals surface area contributed by atoms with Gasteiger partial charge in [-0.1, -0.05) is 68.9 Å². The van der Waals surface area contributed by atoms with Gasteiger partial charge in [-0.15, -0.1) is 0 Å². The van der Waals surface area contributed by atoms with Gasteiger partial charge in [0.05, 0.1) is 0 Å². The summed E-state index contributed by atoms with van der Waals surface area (Å²) >= 11 is 2.32. The third-order valence-corrected chi connectivity index (χ3v) is 3.07. The van der Waals surface area contributed by atoms with Crippen molar-refractivity contribution in [2.45, 2.75) is 0 Å². The Bertz CT molecular complexity index is 448. The summed E-state index contributed by atoms with van der Waals surface area (Å²) in [5.41, 5.74) is 0. The van der Waals surface area contributed by atoms with Crippen LogP contribution in [0.4, 0.5) is 0 Å². The predicted molar refractivity (Wildman–Crippen MR) is 104 cm³/mol. The fraction of sp³-hybridized carbons (Fsp3) is 0. The van der Waals surface area contributed by atoms with Gasteiger partial charge in [0, 0.05) is 12.4 Å². The molecule has 0 bridgehead atoms. The van der Waals surface area contributed by atoms with E-state index in [2.05, 4.69) is 33.6 Å². The van der Waals surface area contributed by atoms with Gasteiger partial charge in [0.15, 0.2) is 0 Å². The molecule has 0 aliphatic rings. The second-order valence-corrected chi connectivity index (χ2v) is 5.29. The number of hydrogen-bond acceptors (Lipinski definition) is 1. The molecule has 1 nitrogen and oxygen atoms in total. The molecule has 3 aromatic rings. The maximum absolute atomic E-state index is 4.98. The van der Waals surface area contributed by atoms with Crippen molar-refractivity contribution in [2.75, 3.05) is 0 Å². The van der Waals surface area contributed by atoms with E-state index in [0.717, 1.165) is 0 Å². The molecule has 0 spiro atoms. The molecule has 0 N–H and O–H groups in total. The molecule has 0 amide bonds. The van der Waals surface area contributed by atoms with Crippen LogP contribution in [-0.4, -0.2) is 9.71 Å². The van der Waals surface area contributed by atoms with Crippen LogP contribution in [0.25, 0.3) is 0 Å². The van der Waals surface area contributed by atoms with Gasteiger partial charge in [-0.2, -0.15) is 0 Å². The SMILES string of the molecule is [CH-]=CC=C[CH]=[V].c1ccccc1.c1ccncc1.c1ccpcc1. The summed E-state index contributed by atoms with van der Waals surface area (Å²) in [6, 6.07) is 23.8. The third kappa shape index (κ3) is 20.0. The van der Waals surface area contributed by atoms with Gasteiger partial charge in [-0.05, 0) is 23.7 Å². The summed E-state index contributed by atoms with van der Waals surface area (Å²) in [7, 11) is 1.31. The average Bonchev–Trinajstić information content (AvgIpc) is 2.72. The molecular weight excluding hydrogens is 348 g/mol. The van der Waals surface area contributed by atoms with Crippen LogP contribution in [0.5, 0.6) is 0 Å². The third-order valence-electron chi connectivity index (χ3n) is 2.11. The van der Waals surface area contributed by atoms with Gasteiger partial charge in [-0.25, -0.2) is 0 Å². The van der Waals surface area contributed by atoms with Crippen molar-refractivity contribution >= 4 is 12.9 Å². The second kappa shape index (κ2) is 21.0. The van der Waals surface area contributed by atoms with E-state index >= 15 is 0 Å². The van der Waals surface area contributed by atoms with E-state index in [1.807, 2.05) is 83.6 Å². The van der Waals surface area contributed by atoms with E-state index in [9.17, 15) is 0 Å². The van der Waals surface area contributed by atoms with Crippen molar-refractivity contribution in [1.82, 2.24) is 4.98 Å². The summed E-state index contributed by atoms with van der Waals surface area (Å²) in [4.78, 5) is 3.78. The van der Waals surface area contributed by atoms with E-state index in [1.54, 1.807) is 18.5 Å². The first kappa shape index (κ1) is 22.0. The van der Waals surface area contributed by atoms with Crippen LogP contribution in [0.3, 0.4) is 0 Å². The zero-order chi connectivity index (χ0) is 17.6. The van der Waals surface area contributed by atoms with Crippen LogP contribution in [0.1, 0.15) is 0 Å². The fourth-order valence-corrected chi connectivity index (χ4v) is 1.78. The van der Waals surface area contributed by atoms with E-state index < -0.39 is 0 Å². The number of rotatable bonds is 2. The first-order valence-corrected chi connectivity index (χ1v) is 9.13. The number of nitrogens with zero attached hydrogens (tertiary/aromatic N) is 1. The molecule has 2 heterocycles. The fourth-order valence-electron chi connectivity index (χ4n) is 1.12. The molecule has 3 heteroatoms. The van der Waals surface area contributed by atoms with Gasteiger partial charge in [-0.3, -0.25) is 4.98 Å². The predicted octanol–water partition coefficient (Wildman–Crippen LogP) is 5.92. The Morgan fingerprint density at radius 3 is 1.29 bits per heavy atom. The van der Waals surface area contributed by atoms with Crippen LogP contribution in [0.2, 0.25) is 0 Å². The smallest absolute Gasteiger partial charge is 0.0267 e. The molecule has 0 radical (unpaired) electrons. The quantitative estimate of drug-likeness (QED) is 0.404. The number of aromatic nitrogens is 1. The van der Waals surface area contributed by atoms with Crippen molar-refractivity contribution < 1.29 is 17.0 Å². The number of benzene rings is 1. The molecule has 0 saturated heterocycles. The number of pyridine rings is 1. The number of hydrogen-bond donors (Lipinski definition) is 0. The Morgan fingerprint density at radius 1 is 0.667 bits per heavy atom. The minimum absolute atomic E-state index is 1.31. The van der Waals surface area contributed by atoms with Gasteiger partial charge in [0.1, 0.15) is 0 Å². The zero-order valence-electron chi connectivity index (χ0n) is 13.5. The van der Waals surface area contributed by atoms with Crippen molar-refractivity contribution in [3.8, 4) is 0 Å². The Morgan fingerprint density at radius 2 is 1.12 bits per heavy atom.